The van der Waals surface area contributed by atoms with Crippen LogP contribution in [-0.4, -0.2) is 50.3 Å². The highest BCUT2D eigenvalue weighted by molar-refractivity contribution is 5.92. The molecule has 0 radical (unpaired) electrons. The van der Waals surface area contributed by atoms with E-state index in [4.69, 9.17) is 15.2 Å². The van der Waals surface area contributed by atoms with Crippen molar-refractivity contribution < 1.29 is 9.47 Å². The van der Waals surface area contributed by atoms with Crippen molar-refractivity contribution in [3.8, 4) is 11.5 Å². The van der Waals surface area contributed by atoms with Crippen LogP contribution in [0.5, 0.6) is 11.5 Å². The summed E-state index contributed by atoms with van der Waals surface area (Å²) in [4.78, 5) is 6.94. The molecule has 1 atom stereocenters. The van der Waals surface area contributed by atoms with E-state index in [1.165, 1.54) is 13.0 Å². The molecule has 0 amide bonds. The number of fused-ring (bicyclic) bond motifs is 1. The molecule has 6 heteroatoms. The van der Waals surface area contributed by atoms with Gasteiger partial charge in [-0.2, -0.15) is 0 Å². The standard InChI is InChI=1S/C17H26N4O2/c1-2-21-7-6-13(12-21)11-19-17(18)20-14-4-5-15-16(10-14)23-9-3-8-22-15/h4-5,10,13H,2-3,6-9,11-12H2,1H3,(H3,18,19,20). The number of ether oxygens (including phenoxy) is 2. The Kier molecular flexibility index (Phi) is 5.23. The van der Waals surface area contributed by atoms with Gasteiger partial charge in [0.15, 0.2) is 17.5 Å². The van der Waals surface area contributed by atoms with Crippen LogP contribution >= 0.6 is 0 Å². The van der Waals surface area contributed by atoms with Crippen molar-refractivity contribution in [3.05, 3.63) is 18.2 Å². The van der Waals surface area contributed by atoms with Gasteiger partial charge in [-0.25, -0.2) is 0 Å². The number of nitrogens with one attached hydrogen (secondary N) is 1. The zero-order valence-corrected chi connectivity index (χ0v) is 13.8. The maximum atomic E-state index is 6.01. The molecule has 3 N–H and O–H groups in total. The van der Waals surface area contributed by atoms with Gasteiger partial charge < -0.3 is 25.4 Å². The first-order valence-corrected chi connectivity index (χ1v) is 8.43. The molecule has 1 fully saturated rings. The summed E-state index contributed by atoms with van der Waals surface area (Å²) >= 11 is 0. The normalized spacial score (nSPS) is 22.0. The van der Waals surface area contributed by atoms with Gasteiger partial charge in [-0.15, -0.1) is 0 Å². The van der Waals surface area contributed by atoms with Crippen molar-refractivity contribution in [2.75, 3.05) is 44.7 Å². The van der Waals surface area contributed by atoms with Crippen LogP contribution in [0.15, 0.2) is 23.2 Å². The van der Waals surface area contributed by atoms with Crippen molar-refractivity contribution in [1.82, 2.24) is 4.90 Å². The summed E-state index contributed by atoms with van der Waals surface area (Å²) in [5.74, 6) is 2.61. The highest BCUT2D eigenvalue weighted by Crippen LogP contribution is 2.32. The first-order chi connectivity index (χ1) is 11.2. The average molecular weight is 318 g/mol. The summed E-state index contributed by atoms with van der Waals surface area (Å²) in [6, 6.07) is 5.76. The van der Waals surface area contributed by atoms with Gasteiger partial charge in [0.2, 0.25) is 0 Å². The summed E-state index contributed by atoms with van der Waals surface area (Å²) in [6.07, 6.45) is 2.10. The lowest BCUT2D eigenvalue weighted by molar-refractivity contribution is 0.297. The smallest absolute Gasteiger partial charge is 0.193 e. The molecule has 1 aromatic rings. The molecule has 0 aromatic heterocycles. The van der Waals surface area contributed by atoms with Crippen molar-refractivity contribution >= 4 is 11.6 Å². The molecule has 1 saturated heterocycles. The maximum Gasteiger partial charge on any atom is 0.193 e. The Morgan fingerprint density at radius 2 is 2.17 bits per heavy atom. The van der Waals surface area contributed by atoms with Gasteiger partial charge in [0.05, 0.1) is 13.2 Å². The zero-order valence-electron chi connectivity index (χ0n) is 13.8. The minimum absolute atomic E-state index is 0.453. The van der Waals surface area contributed by atoms with E-state index in [9.17, 15) is 0 Å². The van der Waals surface area contributed by atoms with Crippen LogP contribution in [0.25, 0.3) is 0 Å². The van der Waals surface area contributed by atoms with Crippen molar-refractivity contribution in [1.29, 1.82) is 0 Å². The number of aliphatic imine (C=N–C) groups is 1. The highest BCUT2D eigenvalue weighted by atomic mass is 16.5. The largest absolute Gasteiger partial charge is 0.490 e. The van der Waals surface area contributed by atoms with E-state index in [1.807, 2.05) is 18.2 Å². The Hall–Kier alpha value is -1.95. The third-order valence-electron chi connectivity index (χ3n) is 4.36. The third kappa shape index (κ3) is 4.28. The maximum absolute atomic E-state index is 6.01. The van der Waals surface area contributed by atoms with Crippen LogP contribution in [0.1, 0.15) is 19.8 Å². The van der Waals surface area contributed by atoms with E-state index in [1.54, 1.807) is 0 Å². The molecule has 0 saturated carbocycles. The fraction of sp³-hybridized carbons (Fsp3) is 0.588. The van der Waals surface area contributed by atoms with Crippen molar-refractivity contribution in [3.63, 3.8) is 0 Å². The molecule has 2 aliphatic heterocycles. The Morgan fingerprint density at radius 1 is 1.35 bits per heavy atom. The zero-order chi connectivity index (χ0) is 16.1. The number of likely N-dealkylation sites (tertiary alicyclic amines) is 1. The van der Waals surface area contributed by atoms with Gasteiger partial charge in [-0.1, -0.05) is 6.92 Å². The van der Waals surface area contributed by atoms with Crippen LogP contribution in [0.3, 0.4) is 0 Å². The first kappa shape index (κ1) is 15.9. The van der Waals surface area contributed by atoms with Crippen LogP contribution in [0, 0.1) is 5.92 Å². The van der Waals surface area contributed by atoms with E-state index in [2.05, 4.69) is 22.1 Å². The monoisotopic (exact) mass is 318 g/mol. The summed E-state index contributed by atoms with van der Waals surface area (Å²) in [5, 5.41) is 3.14. The predicted molar refractivity (Wildman–Crippen MR) is 92.4 cm³/mol. The average Bonchev–Trinajstić information content (AvgIpc) is 2.90. The van der Waals surface area contributed by atoms with Crippen LogP contribution in [0.2, 0.25) is 0 Å². The number of guanidine groups is 1. The second-order valence-electron chi connectivity index (χ2n) is 6.11. The number of nitrogens with two attached hydrogens (primary N) is 1. The lowest BCUT2D eigenvalue weighted by Gasteiger charge is -2.13. The Morgan fingerprint density at radius 3 is 2.96 bits per heavy atom. The Labute approximate surface area is 137 Å². The van der Waals surface area contributed by atoms with Gasteiger partial charge in [0.1, 0.15) is 0 Å². The molecule has 3 rings (SSSR count). The van der Waals surface area contributed by atoms with Gasteiger partial charge in [-0.05, 0) is 37.6 Å². The van der Waals surface area contributed by atoms with E-state index in [0.29, 0.717) is 25.1 Å². The number of hydrogen-bond donors (Lipinski definition) is 2. The molecule has 0 aliphatic carbocycles. The fourth-order valence-electron chi connectivity index (χ4n) is 3.01. The second-order valence-corrected chi connectivity index (χ2v) is 6.11. The molecule has 6 nitrogen and oxygen atoms in total. The molecule has 1 unspecified atom stereocenters. The molecule has 0 spiro atoms. The minimum Gasteiger partial charge on any atom is -0.490 e. The van der Waals surface area contributed by atoms with Crippen LogP contribution in [0.4, 0.5) is 5.69 Å². The number of rotatable bonds is 4. The van der Waals surface area contributed by atoms with Crippen molar-refractivity contribution in [2.45, 2.75) is 19.8 Å². The van der Waals surface area contributed by atoms with Gasteiger partial charge in [0.25, 0.3) is 0 Å². The SMILES string of the molecule is CCN1CCC(CN=C(N)Nc2ccc3c(c2)OCCCO3)C1. The summed E-state index contributed by atoms with van der Waals surface area (Å²) in [7, 11) is 0. The van der Waals surface area contributed by atoms with Crippen LogP contribution in [-0.2, 0) is 0 Å². The number of anilines is 1. The van der Waals surface area contributed by atoms with Gasteiger partial charge >= 0.3 is 0 Å². The third-order valence-corrected chi connectivity index (χ3v) is 4.36. The van der Waals surface area contributed by atoms with E-state index in [0.717, 1.165) is 43.2 Å². The molecular weight excluding hydrogens is 292 g/mol. The molecule has 126 valence electrons. The summed E-state index contributed by atoms with van der Waals surface area (Å²) in [6.45, 7) is 7.76. The highest BCUT2D eigenvalue weighted by Gasteiger charge is 2.20. The Balaban J connectivity index is 1.56. The van der Waals surface area contributed by atoms with Gasteiger partial charge in [-0.3, -0.25) is 4.99 Å². The lowest BCUT2D eigenvalue weighted by Crippen LogP contribution is -2.25. The fourth-order valence-corrected chi connectivity index (χ4v) is 3.01. The molecule has 0 bridgehead atoms. The number of nitrogens with zero attached hydrogens (tertiary/aromatic N) is 2. The predicted octanol–water partition coefficient (Wildman–Crippen LogP) is 1.92. The van der Waals surface area contributed by atoms with Gasteiger partial charge in [0, 0.05) is 31.3 Å². The molecule has 2 aliphatic rings. The topological polar surface area (TPSA) is 72.1 Å². The molecule has 1 aromatic carbocycles. The summed E-state index contributed by atoms with van der Waals surface area (Å²) < 4.78 is 11.3. The molecule has 23 heavy (non-hydrogen) atoms. The van der Waals surface area contributed by atoms with E-state index in [-0.39, 0.29) is 0 Å². The van der Waals surface area contributed by atoms with Crippen LogP contribution < -0.4 is 20.5 Å². The quantitative estimate of drug-likeness (QED) is 0.655. The van der Waals surface area contributed by atoms with Crippen molar-refractivity contribution in [2.24, 2.45) is 16.6 Å². The number of benzene rings is 1. The molecular formula is C17H26N4O2. The van der Waals surface area contributed by atoms with E-state index < -0.39 is 0 Å². The first-order valence-electron chi connectivity index (χ1n) is 8.43. The lowest BCUT2D eigenvalue weighted by atomic mass is 10.1. The van der Waals surface area contributed by atoms with E-state index >= 15 is 0 Å². The Bertz CT molecular complexity index is 562. The molecule has 2 heterocycles. The minimum atomic E-state index is 0.453. The number of hydrogen-bond acceptors (Lipinski definition) is 4. The second kappa shape index (κ2) is 7.55. The summed E-state index contributed by atoms with van der Waals surface area (Å²) in [5.41, 5.74) is 6.88.